The lowest BCUT2D eigenvalue weighted by atomic mass is 10.0. The molecule has 1 aromatic carbocycles. The van der Waals surface area contributed by atoms with Gasteiger partial charge in [-0.1, -0.05) is 29.3 Å². The van der Waals surface area contributed by atoms with E-state index >= 15 is 0 Å². The van der Waals surface area contributed by atoms with Crippen molar-refractivity contribution < 1.29 is 9.90 Å². The van der Waals surface area contributed by atoms with Crippen LogP contribution in [0.4, 0.5) is 0 Å². The predicted octanol–water partition coefficient (Wildman–Crippen LogP) is 3.29. The quantitative estimate of drug-likeness (QED) is 0.917. The molecule has 0 fully saturated rings. The Morgan fingerprint density at radius 1 is 1.35 bits per heavy atom. The molecule has 0 aliphatic carbocycles. The normalized spacial score (nSPS) is 11.9. The maximum Gasteiger partial charge on any atom is 0.323 e. The van der Waals surface area contributed by atoms with Gasteiger partial charge in [-0.2, -0.15) is 0 Å². The monoisotopic (exact) mass is 275 g/mol. The summed E-state index contributed by atoms with van der Waals surface area (Å²) in [6.07, 6.45) is 0. The fourth-order valence-corrected chi connectivity index (χ4v) is 1.80. The number of rotatable bonds is 4. The van der Waals surface area contributed by atoms with Gasteiger partial charge in [-0.15, -0.1) is 0 Å². The van der Waals surface area contributed by atoms with E-state index in [1.54, 1.807) is 44.0 Å². The van der Waals surface area contributed by atoms with Crippen LogP contribution >= 0.6 is 23.2 Å². The zero-order valence-electron chi connectivity index (χ0n) is 10.00. The second-order valence-corrected chi connectivity index (χ2v) is 5.23. The van der Waals surface area contributed by atoms with Gasteiger partial charge in [0.2, 0.25) is 0 Å². The van der Waals surface area contributed by atoms with Crippen LogP contribution in [0.1, 0.15) is 19.4 Å². The molecule has 0 saturated heterocycles. The lowest BCUT2D eigenvalue weighted by Gasteiger charge is -2.31. The third-order valence-corrected chi connectivity index (χ3v) is 3.64. The van der Waals surface area contributed by atoms with Crippen LogP contribution in [0, 0.1) is 0 Å². The highest BCUT2D eigenvalue weighted by atomic mass is 35.5. The second kappa shape index (κ2) is 5.25. The molecule has 1 N–H and O–H groups in total. The molecule has 1 aromatic rings. The van der Waals surface area contributed by atoms with Crippen LogP contribution in [-0.4, -0.2) is 28.6 Å². The third kappa shape index (κ3) is 3.12. The summed E-state index contributed by atoms with van der Waals surface area (Å²) in [4.78, 5) is 12.8. The van der Waals surface area contributed by atoms with Gasteiger partial charge in [-0.25, -0.2) is 0 Å². The van der Waals surface area contributed by atoms with Crippen LogP contribution < -0.4 is 0 Å². The summed E-state index contributed by atoms with van der Waals surface area (Å²) >= 11 is 12.1. The summed E-state index contributed by atoms with van der Waals surface area (Å²) < 4.78 is 0. The third-order valence-electron chi connectivity index (χ3n) is 2.93. The van der Waals surface area contributed by atoms with E-state index in [2.05, 4.69) is 0 Å². The SMILES string of the molecule is CN(Cc1c(Cl)cccc1Cl)C(C)(C)C(=O)O. The number of benzene rings is 1. The van der Waals surface area contributed by atoms with Crippen molar-refractivity contribution >= 4 is 29.2 Å². The summed E-state index contributed by atoms with van der Waals surface area (Å²) in [6.45, 7) is 3.66. The van der Waals surface area contributed by atoms with Crippen molar-refractivity contribution in [2.45, 2.75) is 25.9 Å². The van der Waals surface area contributed by atoms with Gasteiger partial charge >= 0.3 is 5.97 Å². The average Bonchev–Trinajstić information content (AvgIpc) is 2.23. The fourth-order valence-electron chi connectivity index (χ4n) is 1.28. The molecule has 0 unspecified atom stereocenters. The number of likely N-dealkylation sites (N-methyl/N-ethyl adjacent to an activating group) is 1. The smallest absolute Gasteiger partial charge is 0.323 e. The van der Waals surface area contributed by atoms with E-state index in [1.807, 2.05) is 0 Å². The van der Waals surface area contributed by atoms with Gasteiger partial charge in [-0.05, 0) is 33.0 Å². The molecular formula is C12H15Cl2NO2. The van der Waals surface area contributed by atoms with E-state index < -0.39 is 11.5 Å². The van der Waals surface area contributed by atoms with Crippen molar-refractivity contribution in [1.82, 2.24) is 4.90 Å². The van der Waals surface area contributed by atoms with E-state index in [-0.39, 0.29) is 0 Å². The van der Waals surface area contributed by atoms with Crippen molar-refractivity contribution in [1.29, 1.82) is 0 Å². The van der Waals surface area contributed by atoms with Crippen LogP contribution in [0.2, 0.25) is 10.0 Å². The van der Waals surface area contributed by atoms with Gasteiger partial charge in [-0.3, -0.25) is 9.69 Å². The maximum atomic E-state index is 11.1. The van der Waals surface area contributed by atoms with Crippen LogP contribution in [-0.2, 0) is 11.3 Å². The molecule has 0 radical (unpaired) electrons. The van der Waals surface area contributed by atoms with Crippen LogP contribution in [0.3, 0.4) is 0 Å². The summed E-state index contributed by atoms with van der Waals surface area (Å²) in [5.74, 6) is -0.886. The number of halogens is 2. The lowest BCUT2D eigenvalue weighted by molar-refractivity contribution is -0.148. The van der Waals surface area contributed by atoms with E-state index in [4.69, 9.17) is 28.3 Å². The Kier molecular flexibility index (Phi) is 4.42. The van der Waals surface area contributed by atoms with Gasteiger partial charge in [0.1, 0.15) is 5.54 Å². The molecule has 0 aromatic heterocycles. The number of hydrogen-bond acceptors (Lipinski definition) is 2. The molecule has 0 atom stereocenters. The highest BCUT2D eigenvalue weighted by Gasteiger charge is 2.32. The van der Waals surface area contributed by atoms with Gasteiger partial charge < -0.3 is 5.11 Å². The Bertz CT molecular complexity index is 412. The highest BCUT2D eigenvalue weighted by Crippen LogP contribution is 2.27. The Balaban J connectivity index is 2.96. The maximum absolute atomic E-state index is 11.1. The van der Waals surface area contributed by atoms with E-state index in [9.17, 15) is 4.79 Å². The largest absolute Gasteiger partial charge is 0.480 e. The number of carbonyl (C=O) groups is 1. The van der Waals surface area contributed by atoms with Crippen molar-refractivity contribution in [2.75, 3.05) is 7.05 Å². The van der Waals surface area contributed by atoms with E-state index in [0.29, 0.717) is 16.6 Å². The first-order chi connectivity index (χ1) is 7.76. The van der Waals surface area contributed by atoms with Crippen molar-refractivity contribution in [3.05, 3.63) is 33.8 Å². The number of carboxylic acid groups (broad SMARTS) is 1. The zero-order chi connectivity index (χ0) is 13.2. The van der Waals surface area contributed by atoms with Crippen molar-refractivity contribution in [3.8, 4) is 0 Å². The number of aliphatic carboxylic acids is 1. The van der Waals surface area contributed by atoms with Gasteiger partial charge in [0.05, 0.1) is 0 Å². The Morgan fingerprint density at radius 3 is 2.24 bits per heavy atom. The van der Waals surface area contributed by atoms with Crippen LogP contribution in [0.5, 0.6) is 0 Å². The van der Waals surface area contributed by atoms with Crippen LogP contribution in [0.15, 0.2) is 18.2 Å². The minimum atomic E-state index is -0.970. The molecule has 0 saturated carbocycles. The summed E-state index contributed by atoms with van der Waals surface area (Å²) in [5, 5.41) is 10.2. The minimum Gasteiger partial charge on any atom is -0.480 e. The standard InChI is InChI=1S/C12H15Cl2NO2/c1-12(2,11(16)17)15(3)7-8-9(13)5-4-6-10(8)14/h4-6H,7H2,1-3H3,(H,16,17). The molecule has 1 rings (SSSR count). The zero-order valence-corrected chi connectivity index (χ0v) is 11.5. The summed E-state index contributed by atoms with van der Waals surface area (Å²) in [5.41, 5.74) is -0.227. The Labute approximate surface area is 111 Å². The molecule has 0 aliphatic heterocycles. The molecule has 94 valence electrons. The molecule has 0 aliphatic rings. The Hall–Kier alpha value is -0.770. The molecule has 0 amide bonds. The molecule has 0 spiro atoms. The van der Waals surface area contributed by atoms with Crippen molar-refractivity contribution in [2.24, 2.45) is 0 Å². The summed E-state index contributed by atoms with van der Waals surface area (Å²) in [7, 11) is 1.73. The molecular weight excluding hydrogens is 261 g/mol. The molecule has 5 heteroatoms. The lowest BCUT2D eigenvalue weighted by Crippen LogP contribution is -2.47. The van der Waals surface area contributed by atoms with Gasteiger partial charge in [0.15, 0.2) is 0 Å². The minimum absolute atomic E-state index is 0.387. The topological polar surface area (TPSA) is 40.5 Å². The predicted molar refractivity (Wildman–Crippen MR) is 69.6 cm³/mol. The number of nitrogens with zero attached hydrogens (tertiary/aromatic N) is 1. The Morgan fingerprint density at radius 2 is 1.82 bits per heavy atom. The number of hydrogen-bond donors (Lipinski definition) is 1. The first-order valence-electron chi connectivity index (χ1n) is 5.14. The first kappa shape index (κ1) is 14.3. The summed E-state index contributed by atoms with van der Waals surface area (Å²) in [6, 6.07) is 5.24. The fraction of sp³-hybridized carbons (Fsp3) is 0.417. The van der Waals surface area contributed by atoms with Gasteiger partial charge in [0.25, 0.3) is 0 Å². The molecule has 3 nitrogen and oxygen atoms in total. The second-order valence-electron chi connectivity index (χ2n) is 4.42. The molecule has 0 heterocycles. The van der Waals surface area contributed by atoms with Gasteiger partial charge in [0, 0.05) is 22.2 Å². The van der Waals surface area contributed by atoms with E-state index in [0.717, 1.165) is 5.56 Å². The average molecular weight is 276 g/mol. The highest BCUT2D eigenvalue weighted by molar-refractivity contribution is 6.35. The molecule has 17 heavy (non-hydrogen) atoms. The van der Waals surface area contributed by atoms with Crippen LogP contribution in [0.25, 0.3) is 0 Å². The molecule has 0 bridgehead atoms. The number of carboxylic acids is 1. The van der Waals surface area contributed by atoms with E-state index in [1.165, 1.54) is 0 Å². The van der Waals surface area contributed by atoms with Crippen molar-refractivity contribution in [3.63, 3.8) is 0 Å². The first-order valence-corrected chi connectivity index (χ1v) is 5.90.